The smallest absolute Gasteiger partial charge is 0.414 e. The van der Waals surface area contributed by atoms with Gasteiger partial charge >= 0.3 is 6.18 Å². The number of rotatable bonds is 5. The van der Waals surface area contributed by atoms with Crippen LogP contribution in [0.15, 0.2) is 11.1 Å². The van der Waals surface area contributed by atoms with Crippen LogP contribution in [-0.2, 0) is 17.1 Å². The van der Waals surface area contributed by atoms with Gasteiger partial charge in [0.1, 0.15) is 5.69 Å². The maximum absolute atomic E-state index is 13.3. The van der Waals surface area contributed by atoms with Crippen molar-refractivity contribution >= 4 is 31.5 Å². The molecule has 1 aromatic heterocycles. The van der Waals surface area contributed by atoms with E-state index >= 15 is 0 Å². The molecular weight excluding hydrogens is 391 g/mol. The molecule has 0 N–H and O–H groups in total. The lowest BCUT2D eigenvalue weighted by Crippen LogP contribution is -2.44. The Balaban J connectivity index is 2.01. The van der Waals surface area contributed by atoms with Crippen molar-refractivity contribution in [2.75, 3.05) is 0 Å². The van der Waals surface area contributed by atoms with Gasteiger partial charge in [-0.05, 0) is 62.0 Å². The van der Waals surface area contributed by atoms with Crippen molar-refractivity contribution in [1.82, 2.24) is 9.78 Å². The monoisotopic (exact) mass is 419 g/mol. The SMILES string of the molecule is CC(C)(C)[Si](C)(C)OC1CCC(Cn2nc(N=C=S)cc2C(F)(F)F)CC1. The molecule has 0 atom stereocenters. The molecule has 0 saturated heterocycles. The summed E-state index contributed by atoms with van der Waals surface area (Å²) in [4.78, 5) is 3.59. The van der Waals surface area contributed by atoms with Crippen LogP contribution in [0, 0.1) is 5.92 Å². The minimum Gasteiger partial charge on any atom is -0.414 e. The first-order valence-electron chi connectivity index (χ1n) is 9.24. The maximum Gasteiger partial charge on any atom is 0.433 e. The molecule has 2 rings (SSSR count). The number of aromatic nitrogens is 2. The summed E-state index contributed by atoms with van der Waals surface area (Å²) >= 11 is 4.47. The Kier molecular flexibility index (Phi) is 6.72. The zero-order chi connectivity index (χ0) is 20.5. The van der Waals surface area contributed by atoms with Crippen molar-refractivity contribution in [1.29, 1.82) is 0 Å². The summed E-state index contributed by atoms with van der Waals surface area (Å²) in [5, 5.41) is 6.17. The highest BCUT2D eigenvalue weighted by atomic mass is 32.1. The molecule has 0 radical (unpaired) electrons. The first-order chi connectivity index (χ1) is 12.3. The molecule has 1 heterocycles. The van der Waals surface area contributed by atoms with Gasteiger partial charge in [0.05, 0.1) is 5.16 Å². The second-order valence-corrected chi connectivity index (χ2v) is 13.7. The molecule has 1 aromatic rings. The molecule has 0 aromatic carbocycles. The fourth-order valence-electron chi connectivity index (χ4n) is 3.14. The first kappa shape index (κ1) is 22.3. The molecule has 4 nitrogen and oxygen atoms in total. The molecule has 152 valence electrons. The molecule has 0 aliphatic heterocycles. The second-order valence-electron chi connectivity index (χ2n) is 8.79. The van der Waals surface area contributed by atoms with E-state index in [1.54, 1.807) is 0 Å². The predicted octanol–water partition coefficient (Wildman–Crippen LogP) is 6.22. The minimum atomic E-state index is -4.47. The van der Waals surface area contributed by atoms with Gasteiger partial charge in [-0.15, -0.1) is 0 Å². The molecule has 1 saturated carbocycles. The molecule has 27 heavy (non-hydrogen) atoms. The molecule has 0 unspecified atom stereocenters. The molecule has 0 amide bonds. The summed E-state index contributed by atoms with van der Waals surface area (Å²) in [5.74, 6) is 0.0989. The summed E-state index contributed by atoms with van der Waals surface area (Å²) in [5.41, 5.74) is -0.786. The van der Waals surface area contributed by atoms with Gasteiger partial charge in [-0.25, -0.2) is 0 Å². The Bertz CT molecular complexity index is 698. The number of isothiocyanates is 1. The number of thiocarbonyl (C=S) groups is 1. The minimum absolute atomic E-state index is 0.0488. The highest BCUT2D eigenvalue weighted by molar-refractivity contribution is 7.78. The lowest BCUT2D eigenvalue weighted by atomic mass is 9.87. The van der Waals surface area contributed by atoms with Gasteiger partial charge in [0.15, 0.2) is 14.1 Å². The molecule has 0 bridgehead atoms. The number of alkyl halides is 3. The van der Waals surface area contributed by atoms with Crippen LogP contribution in [0.3, 0.4) is 0 Å². The van der Waals surface area contributed by atoms with Gasteiger partial charge < -0.3 is 4.43 Å². The summed E-state index contributed by atoms with van der Waals surface area (Å²) in [6.07, 6.45) is -0.832. The van der Waals surface area contributed by atoms with Crippen LogP contribution >= 0.6 is 12.2 Å². The Morgan fingerprint density at radius 3 is 2.33 bits per heavy atom. The van der Waals surface area contributed by atoms with E-state index in [-0.39, 0.29) is 29.4 Å². The molecule has 0 spiro atoms. The lowest BCUT2D eigenvalue weighted by molar-refractivity contribution is -0.144. The quantitative estimate of drug-likeness (QED) is 0.323. The third-order valence-electron chi connectivity index (χ3n) is 5.71. The summed E-state index contributed by atoms with van der Waals surface area (Å²) in [6, 6.07) is 0.922. The summed E-state index contributed by atoms with van der Waals surface area (Å²) in [6.45, 7) is 11.3. The Hall–Kier alpha value is -1.02. The Morgan fingerprint density at radius 1 is 1.26 bits per heavy atom. The van der Waals surface area contributed by atoms with Crippen LogP contribution in [-0.4, -0.2) is 29.4 Å². The number of nitrogens with zero attached hydrogens (tertiary/aromatic N) is 3. The van der Waals surface area contributed by atoms with E-state index in [1.807, 2.05) is 0 Å². The van der Waals surface area contributed by atoms with Crippen LogP contribution in [0.4, 0.5) is 19.0 Å². The van der Waals surface area contributed by atoms with E-state index in [4.69, 9.17) is 4.43 Å². The van der Waals surface area contributed by atoms with Gasteiger partial charge in [0.25, 0.3) is 0 Å². The summed E-state index contributed by atoms with van der Waals surface area (Å²) < 4.78 is 47.2. The van der Waals surface area contributed by atoms with E-state index in [1.165, 1.54) is 0 Å². The fourth-order valence-corrected chi connectivity index (χ4v) is 4.66. The largest absolute Gasteiger partial charge is 0.433 e. The Labute approximate surface area is 165 Å². The van der Waals surface area contributed by atoms with E-state index in [2.05, 4.69) is 61.3 Å². The number of hydrogen-bond donors (Lipinski definition) is 0. The molecular formula is C18H28F3N3OSSi. The molecule has 9 heteroatoms. The molecule has 1 fully saturated rings. The highest BCUT2D eigenvalue weighted by Crippen LogP contribution is 2.40. The zero-order valence-corrected chi connectivity index (χ0v) is 18.4. The van der Waals surface area contributed by atoms with Crippen molar-refractivity contribution in [2.24, 2.45) is 10.9 Å². The Morgan fingerprint density at radius 2 is 1.85 bits per heavy atom. The highest BCUT2D eigenvalue weighted by Gasteiger charge is 2.40. The van der Waals surface area contributed by atoms with Crippen molar-refractivity contribution < 1.29 is 17.6 Å². The van der Waals surface area contributed by atoms with Gasteiger partial charge in [0, 0.05) is 18.7 Å². The lowest BCUT2D eigenvalue weighted by Gasteiger charge is -2.41. The van der Waals surface area contributed by atoms with Crippen LogP contribution < -0.4 is 0 Å². The van der Waals surface area contributed by atoms with Gasteiger partial charge in [-0.3, -0.25) is 4.68 Å². The first-order valence-corrected chi connectivity index (χ1v) is 12.6. The third kappa shape index (κ3) is 5.73. The topological polar surface area (TPSA) is 39.4 Å². The second kappa shape index (κ2) is 8.15. The van der Waals surface area contributed by atoms with Crippen LogP contribution in [0.5, 0.6) is 0 Å². The third-order valence-corrected chi connectivity index (χ3v) is 10.3. The predicted molar refractivity (Wildman–Crippen MR) is 106 cm³/mol. The normalized spacial score (nSPS) is 21.8. The molecule has 1 aliphatic carbocycles. The van der Waals surface area contributed by atoms with Crippen LogP contribution in [0.25, 0.3) is 0 Å². The average molecular weight is 420 g/mol. The average Bonchev–Trinajstić information content (AvgIpc) is 2.91. The summed E-state index contributed by atoms with van der Waals surface area (Å²) in [7, 11) is -1.82. The van der Waals surface area contributed by atoms with E-state index in [0.29, 0.717) is 0 Å². The maximum atomic E-state index is 13.3. The van der Waals surface area contributed by atoms with Crippen molar-refractivity contribution in [3.05, 3.63) is 11.8 Å². The van der Waals surface area contributed by atoms with Crippen LogP contribution in [0.2, 0.25) is 18.1 Å². The van der Waals surface area contributed by atoms with E-state index in [9.17, 15) is 13.2 Å². The zero-order valence-electron chi connectivity index (χ0n) is 16.6. The van der Waals surface area contributed by atoms with Crippen molar-refractivity contribution in [3.8, 4) is 0 Å². The van der Waals surface area contributed by atoms with Crippen molar-refractivity contribution in [2.45, 2.75) is 83.4 Å². The van der Waals surface area contributed by atoms with Crippen LogP contribution in [0.1, 0.15) is 52.1 Å². The van der Waals surface area contributed by atoms with E-state index < -0.39 is 20.2 Å². The van der Waals surface area contributed by atoms with Gasteiger partial charge in [0.2, 0.25) is 0 Å². The number of hydrogen-bond acceptors (Lipinski definition) is 4. The fraction of sp³-hybridized carbons (Fsp3) is 0.778. The standard InChI is InChI=1S/C18H28F3N3OSSi/c1-17(2,3)27(4,5)25-14-8-6-13(7-9-14)11-24-15(18(19,20)21)10-16(23-24)22-12-26/h10,13-14H,6-9,11H2,1-5H3. The van der Waals surface area contributed by atoms with Gasteiger partial charge in [-0.2, -0.15) is 23.3 Å². The molecule has 1 aliphatic rings. The van der Waals surface area contributed by atoms with E-state index in [0.717, 1.165) is 36.4 Å². The van der Waals surface area contributed by atoms with Crippen molar-refractivity contribution in [3.63, 3.8) is 0 Å². The van der Waals surface area contributed by atoms with Gasteiger partial charge in [-0.1, -0.05) is 20.8 Å². The number of aliphatic imine (C=N–C) groups is 1. The number of halogens is 3.